The topological polar surface area (TPSA) is 74.5 Å². The predicted molar refractivity (Wildman–Crippen MR) is 84.5 cm³/mol. The van der Waals surface area contributed by atoms with E-state index in [4.69, 9.17) is 0 Å². The van der Waals surface area contributed by atoms with Gasteiger partial charge >= 0.3 is 6.18 Å². The van der Waals surface area contributed by atoms with Crippen LogP contribution in [0, 0.1) is 5.92 Å². The molecule has 1 aliphatic rings. The number of aliphatic imine (C=N–C) groups is 1. The first-order valence-corrected chi connectivity index (χ1v) is 8.07. The number of nitrogens with one attached hydrogen (secondary N) is 2. The molecule has 1 fully saturated rings. The van der Waals surface area contributed by atoms with Gasteiger partial charge < -0.3 is 20.3 Å². The molecular weight excluding hydrogens is 323 g/mol. The Bertz CT molecular complexity index is 568. The van der Waals surface area contributed by atoms with Crippen LogP contribution >= 0.6 is 0 Å². The molecule has 1 saturated carbocycles. The summed E-state index contributed by atoms with van der Waals surface area (Å²) in [6.07, 6.45) is -0.473. The van der Waals surface area contributed by atoms with Gasteiger partial charge in [0.15, 0.2) is 5.96 Å². The van der Waals surface area contributed by atoms with Crippen LogP contribution in [0.4, 0.5) is 13.2 Å². The second-order valence-corrected chi connectivity index (χ2v) is 6.06. The van der Waals surface area contributed by atoms with E-state index in [9.17, 15) is 18.3 Å². The van der Waals surface area contributed by atoms with Gasteiger partial charge in [-0.15, -0.1) is 0 Å². The van der Waals surface area contributed by atoms with Gasteiger partial charge in [-0.25, -0.2) is 4.98 Å². The number of aryl methyl sites for hydroxylation is 1. The Morgan fingerprint density at radius 1 is 1.42 bits per heavy atom. The van der Waals surface area contributed by atoms with Gasteiger partial charge in [-0.2, -0.15) is 13.2 Å². The lowest BCUT2D eigenvalue weighted by Crippen LogP contribution is -2.48. The third-order valence-electron chi connectivity index (χ3n) is 3.99. The van der Waals surface area contributed by atoms with E-state index in [0.717, 1.165) is 12.8 Å². The molecule has 3 N–H and O–H groups in total. The van der Waals surface area contributed by atoms with E-state index in [2.05, 4.69) is 20.6 Å². The molecule has 0 saturated heterocycles. The summed E-state index contributed by atoms with van der Waals surface area (Å²) in [7, 11) is 1.42. The van der Waals surface area contributed by atoms with Crippen molar-refractivity contribution in [2.75, 3.05) is 19.6 Å². The van der Waals surface area contributed by atoms with E-state index < -0.39 is 24.0 Å². The van der Waals surface area contributed by atoms with Gasteiger partial charge in [0.1, 0.15) is 5.82 Å². The van der Waals surface area contributed by atoms with Crippen molar-refractivity contribution in [3.05, 3.63) is 18.2 Å². The fraction of sp³-hybridized carbons (Fsp3) is 0.733. The van der Waals surface area contributed by atoms with Crippen LogP contribution in [0.15, 0.2) is 17.4 Å². The van der Waals surface area contributed by atoms with Crippen LogP contribution in [0.5, 0.6) is 0 Å². The lowest BCUT2D eigenvalue weighted by atomic mass is 9.97. The Hall–Kier alpha value is -1.77. The minimum absolute atomic E-state index is 0.0840. The zero-order valence-electron chi connectivity index (χ0n) is 13.9. The van der Waals surface area contributed by atoms with Crippen LogP contribution < -0.4 is 10.6 Å². The molecule has 1 aliphatic carbocycles. The van der Waals surface area contributed by atoms with Crippen molar-refractivity contribution in [3.8, 4) is 0 Å². The van der Waals surface area contributed by atoms with E-state index in [0.29, 0.717) is 25.0 Å². The number of alkyl halides is 3. The SMILES string of the molecule is CCNC(=NCC1CC1)NCCC(O)(c1nccn1C)C(F)(F)F. The fourth-order valence-corrected chi connectivity index (χ4v) is 2.37. The van der Waals surface area contributed by atoms with Crippen LogP contribution in [-0.4, -0.2) is 46.4 Å². The summed E-state index contributed by atoms with van der Waals surface area (Å²) in [6, 6.07) is 0. The first kappa shape index (κ1) is 18.6. The minimum atomic E-state index is -4.82. The highest BCUT2D eigenvalue weighted by molar-refractivity contribution is 5.79. The molecule has 0 aliphatic heterocycles. The molecule has 1 unspecified atom stereocenters. The van der Waals surface area contributed by atoms with Crippen molar-refractivity contribution in [3.63, 3.8) is 0 Å². The number of rotatable bonds is 7. The second-order valence-electron chi connectivity index (χ2n) is 6.06. The van der Waals surface area contributed by atoms with E-state index in [1.54, 1.807) is 0 Å². The molecule has 1 aromatic heterocycles. The van der Waals surface area contributed by atoms with E-state index in [1.807, 2.05) is 6.92 Å². The molecular formula is C15H24F3N5O. The Balaban J connectivity index is 2.02. The fourth-order valence-electron chi connectivity index (χ4n) is 2.37. The highest BCUT2D eigenvalue weighted by Gasteiger charge is 2.57. The first-order valence-electron chi connectivity index (χ1n) is 8.07. The molecule has 0 radical (unpaired) electrons. The van der Waals surface area contributed by atoms with Crippen LogP contribution in [0.1, 0.15) is 32.0 Å². The molecule has 0 aromatic carbocycles. The third-order valence-corrected chi connectivity index (χ3v) is 3.99. The standard InChI is InChI=1S/C15H24F3N5O/c1-3-19-13(22-10-11-4-5-11)21-7-6-14(24,15(16,17)18)12-20-8-9-23(12)2/h8-9,11,24H,3-7,10H2,1-2H3,(H2,19,21,22). The number of nitrogens with zero attached hydrogens (tertiary/aromatic N) is 3. The van der Waals surface area contributed by atoms with Gasteiger partial charge in [0, 0.05) is 45.5 Å². The van der Waals surface area contributed by atoms with Crippen LogP contribution in [-0.2, 0) is 12.6 Å². The van der Waals surface area contributed by atoms with Crippen molar-refractivity contribution >= 4 is 5.96 Å². The van der Waals surface area contributed by atoms with E-state index in [-0.39, 0.29) is 6.54 Å². The normalized spacial score (nSPS) is 18.3. The highest BCUT2D eigenvalue weighted by Crippen LogP contribution is 2.40. The highest BCUT2D eigenvalue weighted by atomic mass is 19.4. The summed E-state index contributed by atoms with van der Waals surface area (Å²) in [6.45, 7) is 3.07. The summed E-state index contributed by atoms with van der Waals surface area (Å²) >= 11 is 0. The van der Waals surface area contributed by atoms with Crippen molar-refractivity contribution < 1.29 is 18.3 Å². The van der Waals surface area contributed by atoms with Gasteiger partial charge in [-0.3, -0.25) is 4.99 Å². The Labute approximate surface area is 139 Å². The van der Waals surface area contributed by atoms with Crippen molar-refractivity contribution in [1.82, 2.24) is 20.2 Å². The molecule has 0 bridgehead atoms. The van der Waals surface area contributed by atoms with Crippen LogP contribution in [0.2, 0.25) is 0 Å². The average Bonchev–Trinajstić information content (AvgIpc) is 3.23. The molecule has 9 heteroatoms. The molecule has 0 spiro atoms. The molecule has 136 valence electrons. The van der Waals surface area contributed by atoms with E-state index >= 15 is 0 Å². The zero-order chi connectivity index (χ0) is 17.8. The van der Waals surface area contributed by atoms with Crippen molar-refractivity contribution in [2.24, 2.45) is 18.0 Å². The number of aliphatic hydroxyl groups is 1. The molecule has 24 heavy (non-hydrogen) atoms. The molecule has 0 amide bonds. The lowest BCUT2D eigenvalue weighted by Gasteiger charge is -2.30. The van der Waals surface area contributed by atoms with Crippen molar-refractivity contribution in [2.45, 2.75) is 38.0 Å². The summed E-state index contributed by atoms with van der Waals surface area (Å²) in [5.41, 5.74) is -3.01. The maximum Gasteiger partial charge on any atom is 0.424 e. The monoisotopic (exact) mass is 347 g/mol. The molecule has 2 rings (SSSR count). The second kappa shape index (κ2) is 7.42. The van der Waals surface area contributed by atoms with Crippen LogP contribution in [0.3, 0.4) is 0 Å². The Morgan fingerprint density at radius 3 is 2.62 bits per heavy atom. The Morgan fingerprint density at radius 2 is 2.12 bits per heavy atom. The number of hydrogen-bond donors (Lipinski definition) is 3. The lowest BCUT2D eigenvalue weighted by molar-refractivity contribution is -0.272. The van der Waals surface area contributed by atoms with Crippen LogP contribution in [0.25, 0.3) is 0 Å². The number of halogens is 3. The van der Waals surface area contributed by atoms with Gasteiger partial charge in [-0.05, 0) is 25.7 Å². The maximum absolute atomic E-state index is 13.4. The van der Waals surface area contributed by atoms with Gasteiger partial charge in [0.2, 0.25) is 5.60 Å². The maximum atomic E-state index is 13.4. The number of aromatic nitrogens is 2. The predicted octanol–water partition coefficient (Wildman–Crippen LogP) is 1.53. The number of hydrogen-bond acceptors (Lipinski definition) is 3. The number of guanidine groups is 1. The minimum Gasteiger partial charge on any atom is -0.374 e. The Kier molecular flexibility index (Phi) is 5.74. The summed E-state index contributed by atoms with van der Waals surface area (Å²) in [4.78, 5) is 8.02. The number of imidazole rings is 1. The molecule has 1 atom stereocenters. The molecule has 1 heterocycles. The van der Waals surface area contributed by atoms with Crippen molar-refractivity contribution in [1.29, 1.82) is 0 Å². The smallest absolute Gasteiger partial charge is 0.374 e. The summed E-state index contributed by atoms with van der Waals surface area (Å²) in [5.74, 6) is 0.630. The van der Waals surface area contributed by atoms with Gasteiger partial charge in [-0.1, -0.05) is 0 Å². The van der Waals surface area contributed by atoms with Gasteiger partial charge in [0.25, 0.3) is 0 Å². The molecule has 6 nitrogen and oxygen atoms in total. The van der Waals surface area contributed by atoms with E-state index in [1.165, 1.54) is 24.0 Å². The zero-order valence-corrected chi connectivity index (χ0v) is 13.9. The summed E-state index contributed by atoms with van der Waals surface area (Å²) < 4.78 is 41.4. The average molecular weight is 347 g/mol. The quantitative estimate of drug-likeness (QED) is 0.517. The van der Waals surface area contributed by atoms with Gasteiger partial charge in [0.05, 0.1) is 0 Å². The molecule has 1 aromatic rings. The largest absolute Gasteiger partial charge is 0.424 e. The summed E-state index contributed by atoms with van der Waals surface area (Å²) in [5, 5.41) is 16.1. The first-order chi connectivity index (χ1) is 11.3. The third kappa shape index (κ3) is 4.40.